The van der Waals surface area contributed by atoms with Crippen molar-refractivity contribution in [1.82, 2.24) is 9.80 Å². The van der Waals surface area contributed by atoms with E-state index in [-0.39, 0.29) is 17.7 Å². The molecule has 6 nitrogen and oxygen atoms in total. The Morgan fingerprint density at radius 2 is 1.89 bits per heavy atom. The Labute approximate surface area is 169 Å². The molecule has 3 rings (SSSR count). The predicted octanol–water partition coefficient (Wildman–Crippen LogP) is 3.01. The third-order valence-electron chi connectivity index (χ3n) is 4.87. The third kappa shape index (κ3) is 4.78. The van der Waals surface area contributed by atoms with Gasteiger partial charge in [0.15, 0.2) is 0 Å². The third-order valence-corrected chi connectivity index (χ3v) is 5.73. The van der Waals surface area contributed by atoms with Gasteiger partial charge in [-0.15, -0.1) is 11.3 Å². The summed E-state index contributed by atoms with van der Waals surface area (Å²) < 4.78 is 0. The van der Waals surface area contributed by atoms with Crippen molar-refractivity contribution < 1.29 is 14.4 Å². The number of amides is 3. The van der Waals surface area contributed by atoms with E-state index in [1.165, 1.54) is 11.3 Å². The molecule has 1 unspecified atom stereocenters. The quantitative estimate of drug-likeness (QED) is 0.840. The maximum atomic E-state index is 12.8. The molecule has 0 bridgehead atoms. The first-order valence-corrected chi connectivity index (χ1v) is 10.3. The molecule has 148 valence electrons. The Bertz CT molecular complexity index is 831. The fraction of sp³-hybridized carbons (Fsp3) is 0.381. The summed E-state index contributed by atoms with van der Waals surface area (Å²) in [6, 6.07) is 10.5. The molecule has 0 aliphatic carbocycles. The highest BCUT2D eigenvalue weighted by Gasteiger charge is 2.33. The van der Waals surface area contributed by atoms with Crippen LogP contribution in [0.15, 0.2) is 41.8 Å². The number of piperidine rings is 1. The van der Waals surface area contributed by atoms with E-state index in [2.05, 4.69) is 5.32 Å². The van der Waals surface area contributed by atoms with Crippen LogP contribution in [0.2, 0.25) is 0 Å². The molecule has 1 N–H and O–H groups in total. The molecule has 28 heavy (non-hydrogen) atoms. The molecule has 1 saturated heterocycles. The van der Waals surface area contributed by atoms with E-state index in [1.54, 1.807) is 42.1 Å². The van der Waals surface area contributed by atoms with Crippen LogP contribution in [0.1, 0.15) is 34.5 Å². The first-order chi connectivity index (χ1) is 13.5. The zero-order valence-corrected chi connectivity index (χ0v) is 17.0. The van der Waals surface area contributed by atoms with Crippen molar-refractivity contribution in [3.63, 3.8) is 0 Å². The smallest absolute Gasteiger partial charge is 0.264 e. The van der Waals surface area contributed by atoms with Gasteiger partial charge in [0.1, 0.15) is 6.04 Å². The van der Waals surface area contributed by atoms with Crippen molar-refractivity contribution in [3.8, 4) is 0 Å². The summed E-state index contributed by atoms with van der Waals surface area (Å²) in [6.07, 6.45) is 2.83. The summed E-state index contributed by atoms with van der Waals surface area (Å²) in [5, 5.41) is 4.79. The van der Waals surface area contributed by atoms with Gasteiger partial charge >= 0.3 is 0 Å². The number of hydrogen-bond donors (Lipinski definition) is 1. The predicted molar refractivity (Wildman–Crippen MR) is 110 cm³/mol. The number of hydrogen-bond acceptors (Lipinski definition) is 4. The highest BCUT2D eigenvalue weighted by Crippen LogP contribution is 2.23. The first kappa shape index (κ1) is 20.1. The maximum Gasteiger partial charge on any atom is 0.264 e. The lowest BCUT2D eigenvalue weighted by Crippen LogP contribution is -2.49. The van der Waals surface area contributed by atoms with Crippen molar-refractivity contribution in [3.05, 3.63) is 52.2 Å². The lowest BCUT2D eigenvalue weighted by molar-refractivity contribution is -0.128. The van der Waals surface area contributed by atoms with Gasteiger partial charge in [0.25, 0.3) is 5.91 Å². The largest absolute Gasteiger partial charge is 0.349 e. The second kappa shape index (κ2) is 9.01. The molecular weight excluding hydrogens is 374 g/mol. The van der Waals surface area contributed by atoms with Gasteiger partial charge in [-0.2, -0.15) is 0 Å². The second-order valence-electron chi connectivity index (χ2n) is 7.14. The number of anilines is 1. The van der Waals surface area contributed by atoms with Crippen LogP contribution in [-0.4, -0.2) is 54.2 Å². The van der Waals surface area contributed by atoms with E-state index < -0.39 is 6.04 Å². The van der Waals surface area contributed by atoms with E-state index in [9.17, 15) is 14.4 Å². The fourth-order valence-corrected chi connectivity index (χ4v) is 3.93. The summed E-state index contributed by atoms with van der Waals surface area (Å²) in [4.78, 5) is 41.3. The molecule has 0 radical (unpaired) electrons. The molecule has 0 spiro atoms. The zero-order valence-electron chi connectivity index (χ0n) is 16.2. The Kier molecular flexibility index (Phi) is 6.46. The van der Waals surface area contributed by atoms with Gasteiger partial charge in [0, 0.05) is 26.3 Å². The Morgan fingerprint density at radius 3 is 2.54 bits per heavy atom. The standard InChI is InChI=1S/C21H25N3O3S/c1-23(2)19(25)14-15-8-10-16(11-9-15)22-20(26)17-6-3-4-12-24(17)21(27)18-7-5-13-28-18/h5,7-11,13,17H,3-4,6,12,14H2,1-2H3,(H,22,26). The molecule has 7 heteroatoms. The molecule has 1 aromatic carbocycles. The Balaban J connectivity index is 1.65. The van der Waals surface area contributed by atoms with Crippen molar-refractivity contribution in [2.75, 3.05) is 26.0 Å². The summed E-state index contributed by atoms with van der Waals surface area (Å²) in [7, 11) is 3.45. The van der Waals surface area contributed by atoms with Crippen LogP contribution in [0.4, 0.5) is 5.69 Å². The van der Waals surface area contributed by atoms with Crippen LogP contribution in [0.25, 0.3) is 0 Å². The Morgan fingerprint density at radius 1 is 1.14 bits per heavy atom. The Hall–Kier alpha value is -2.67. The summed E-state index contributed by atoms with van der Waals surface area (Å²) in [5.41, 5.74) is 1.56. The lowest BCUT2D eigenvalue weighted by atomic mass is 10.0. The molecule has 1 fully saturated rings. The number of rotatable bonds is 5. The number of benzene rings is 1. The average molecular weight is 400 g/mol. The van der Waals surface area contributed by atoms with Crippen molar-refractivity contribution in [2.24, 2.45) is 0 Å². The normalized spacial score (nSPS) is 16.5. The first-order valence-electron chi connectivity index (χ1n) is 9.40. The van der Waals surface area contributed by atoms with Gasteiger partial charge in [-0.25, -0.2) is 0 Å². The summed E-state index contributed by atoms with van der Waals surface area (Å²) >= 11 is 1.40. The number of nitrogens with zero attached hydrogens (tertiary/aromatic N) is 2. The monoisotopic (exact) mass is 399 g/mol. The molecule has 1 atom stereocenters. The molecule has 2 heterocycles. The highest BCUT2D eigenvalue weighted by atomic mass is 32.1. The number of nitrogens with one attached hydrogen (secondary N) is 1. The summed E-state index contributed by atoms with van der Waals surface area (Å²) in [5.74, 6) is -0.212. The van der Waals surface area contributed by atoms with Crippen molar-refractivity contribution in [1.29, 1.82) is 0 Å². The molecule has 1 aromatic heterocycles. The van der Waals surface area contributed by atoms with Crippen molar-refractivity contribution >= 4 is 34.7 Å². The van der Waals surface area contributed by atoms with E-state index in [0.29, 0.717) is 30.0 Å². The lowest BCUT2D eigenvalue weighted by Gasteiger charge is -2.34. The molecule has 1 aliphatic rings. The molecular formula is C21H25N3O3S. The van der Waals surface area contributed by atoms with Crippen LogP contribution in [-0.2, 0) is 16.0 Å². The molecule has 1 aliphatic heterocycles. The van der Waals surface area contributed by atoms with E-state index in [4.69, 9.17) is 0 Å². The average Bonchev–Trinajstić information content (AvgIpc) is 3.23. The summed E-state index contributed by atoms with van der Waals surface area (Å²) in [6.45, 7) is 0.598. The van der Waals surface area contributed by atoms with Gasteiger partial charge in [-0.05, 0) is 48.4 Å². The van der Waals surface area contributed by atoms with Crippen LogP contribution in [0.5, 0.6) is 0 Å². The van der Waals surface area contributed by atoms with Gasteiger partial charge < -0.3 is 15.1 Å². The van der Waals surface area contributed by atoms with Crippen LogP contribution in [0.3, 0.4) is 0 Å². The fourth-order valence-electron chi connectivity index (χ4n) is 3.25. The van der Waals surface area contributed by atoms with Crippen LogP contribution in [0, 0.1) is 0 Å². The number of thiophene rings is 1. The van der Waals surface area contributed by atoms with Gasteiger partial charge in [0.2, 0.25) is 11.8 Å². The van der Waals surface area contributed by atoms with Gasteiger partial charge in [0.05, 0.1) is 11.3 Å². The minimum absolute atomic E-state index is 0.0294. The van der Waals surface area contributed by atoms with Gasteiger partial charge in [-0.1, -0.05) is 18.2 Å². The van der Waals surface area contributed by atoms with E-state index in [0.717, 1.165) is 18.4 Å². The topological polar surface area (TPSA) is 69.7 Å². The van der Waals surface area contributed by atoms with E-state index in [1.807, 2.05) is 23.6 Å². The van der Waals surface area contributed by atoms with Gasteiger partial charge in [-0.3, -0.25) is 14.4 Å². The molecule has 3 amide bonds. The molecule has 2 aromatic rings. The zero-order chi connectivity index (χ0) is 20.1. The number of likely N-dealkylation sites (tertiary alicyclic amines) is 1. The number of carbonyl (C=O) groups excluding carboxylic acids is 3. The SMILES string of the molecule is CN(C)C(=O)Cc1ccc(NC(=O)C2CCCCN2C(=O)c2cccs2)cc1. The highest BCUT2D eigenvalue weighted by molar-refractivity contribution is 7.12. The van der Waals surface area contributed by atoms with E-state index >= 15 is 0 Å². The number of likely N-dealkylation sites (N-methyl/N-ethyl adjacent to an activating group) is 1. The van der Waals surface area contributed by atoms with Crippen LogP contribution < -0.4 is 5.32 Å². The minimum atomic E-state index is -0.460. The second-order valence-corrected chi connectivity index (χ2v) is 8.09. The van der Waals surface area contributed by atoms with Crippen molar-refractivity contribution in [2.45, 2.75) is 31.7 Å². The maximum absolute atomic E-state index is 12.8. The van der Waals surface area contributed by atoms with Crippen LogP contribution >= 0.6 is 11.3 Å². The number of carbonyl (C=O) groups is 3. The minimum Gasteiger partial charge on any atom is -0.349 e. The molecule has 0 saturated carbocycles.